The van der Waals surface area contributed by atoms with Crippen LogP contribution in [0.2, 0.25) is 0 Å². The third-order valence-corrected chi connectivity index (χ3v) is 7.24. The van der Waals surface area contributed by atoms with Crippen molar-refractivity contribution in [3.8, 4) is 0 Å². The first kappa shape index (κ1) is 19.1. The number of carbonyl (C=O) groups excluding carboxylic acids is 2. The highest BCUT2D eigenvalue weighted by Gasteiger charge is 2.35. The lowest BCUT2D eigenvalue weighted by molar-refractivity contribution is -0.119. The second-order valence-electron chi connectivity index (χ2n) is 7.05. The molecule has 1 aromatic carbocycles. The van der Waals surface area contributed by atoms with E-state index < -0.39 is 16.1 Å². The van der Waals surface area contributed by atoms with Crippen LogP contribution in [-0.4, -0.2) is 43.8 Å². The van der Waals surface area contributed by atoms with E-state index >= 15 is 0 Å². The van der Waals surface area contributed by atoms with Crippen LogP contribution in [0.5, 0.6) is 0 Å². The minimum atomic E-state index is -3.59. The Labute approximate surface area is 167 Å². The van der Waals surface area contributed by atoms with Gasteiger partial charge >= 0.3 is 0 Å². The lowest BCUT2D eigenvalue weighted by atomic mass is 10.2. The van der Waals surface area contributed by atoms with E-state index in [9.17, 15) is 18.0 Å². The summed E-state index contributed by atoms with van der Waals surface area (Å²) in [7, 11) is -3.59. The van der Waals surface area contributed by atoms with Crippen LogP contribution in [0, 0.1) is 0 Å². The topological polar surface area (TPSA) is 95.6 Å². The number of likely N-dealkylation sites (tertiary alicyclic amines) is 1. The molecule has 1 aliphatic carbocycles. The summed E-state index contributed by atoms with van der Waals surface area (Å²) in [4.78, 5) is 27.7. The Kier molecular flexibility index (Phi) is 5.22. The Morgan fingerprint density at radius 1 is 1.11 bits per heavy atom. The fourth-order valence-corrected chi connectivity index (χ4v) is 5.31. The van der Waals surface area contributed by atoms with Gasteiger partial charge in [0, 0.05) is 18.3 Å². The van der Waals surface area contributed by atoms with Gasteiger partial charge < -0.3 is 10.2 Å². The second-order valence-corrected chi connectivity index (χ2v) is 9.71. The lowest BCUT2D eigenvalue weighted by Crippen LogP contribution is -2.43. The Hall–Kier alpha value is -2.23. The lowest BCUT2D eigenvalue weighted by Gasteiger charge is -2.23. The van der Waals surface area contributed by atoms with E-state index in [0.29, 0.717) is 23.5 Å². The number of carbonyl (C=O) groups is 2. The predicted molar refractivity (Wildman–Crippen MR) is 107 cm³/mol. The minimum Gasteiger partial charge on any atom is -0.326 e. The van der Waals surface area contributed by atoms with E-state index in [2.05, 4.69) is 10.0 Å². The highest BCUT2D eigenvalue weighted by atomic mass is 32.2. The van der Waals surface area contributed by atoms with Crippen LogP contribution in [0.25, 0.3) is 0 Å². The number of hydrogen-bond acceptors (Lipinski definition) is 5. The second kappa shape index (κ2) is 7.65. The number of anilines is 1. The summed E-state index contributed by atoms with van der Waals surface area (Å²) in [5.41, 5.74) is 0.402. The zero-order valence-electron chi connectivity index (χ0n) is 15.1. The molecule has 0 unspecified atom stereocenters. The molecule has 1 atom stereocenters. The van der Waals surface area contributed by atoms with Crippen LogP contribution < -0.4 is 10.0 Å². The summed E-state index contributed by atoms with van der Waals surface area (Å²) in [5.74, 6) is -0.440. The van der Waals surface area contributed by atoms with E-state index in [1.807, 2.05) is 11.4 Å². The van der Waals surface area contributed by atoms with Gasteiger partial charge in [-0.1, -0.05) is 12.1 Å². The fourth-order valence-electron chi connectivity index (χ4n) is 3.28. The van der Waals surface area contributed by atoms with Crippen LogP contribution in [0.4, 0.5) is 5.69 Å². The molecule has 4 rings (SSSR count). The summed E-state index contributed by atoms with van der Waals surface area (Å²) in [6.45, 7) is 0.536. The molecule has 0 radical (unpaired) electrons. The molecule has 2 aliphatic rings. The smallest absolute Gasteiger partial charge is 0.264 e. The maximum absolute atomic E-state index is 12.8. The van der Waals surface area contributed by atoms with Crippen molar-refractivity contribution in [2.24, 2.45) is 0 Å². The summed E-state index contributed by atoms with van der Waals surface area (Å²) < 4.78 is 27.4. The van der Waals surface area contributed by atoms with Crippen molar-refractivity contribution in [3.05, 3.63) is 46.7 Å². The first-order valence-corrected chi connectivity index (χ1v) is 11.6. The van der Waals surface area contributed by atoms with Gasteiger partial charge in [0.15, 0.2) is 0 Å². The quantitative estimate of drug-likeness (QED) is 0.752. The van der Waals surface area contributed by atoms with Crippen molar-refractivity contribution in [2.45, 2.75) is 42.7 Å². The average molecular weight is 420 g/mol. The molecule has 2 fully saturated rings. The molecule has 1 aliphatic heterocycles. The Balaban J connectivity index is 1.47. The van der Waals surface area contributed by atoms with Crippen molar-refractivity contribution < 1.29 is 18.0 Å². The van der Waals surface area contributed by atoms with Gasteiger partial charge in [-0.25, -0.2) is 13.1 Å². The SMILES string of the molecule is O=C(Nc1cccc(S(=O)(=O)NC2CC2)c1)[C@@H]1CCCN1C(=O)c1cccs1. The molecule has 28 heavy (non-hydrogen) atoms. The zero-order chi connectivity index (χ0) is 19.7. The summed E-state index contributed by atoms with van der Waals surface area (Å²) in [6, 6.07) is 9.21. The van der Waals surface area contributed by atoms with Crippen LogP contribution in [0.15, 0.2) is 46.7 Å². The van der Waals surface area contributed by atoms with E-state index in [1.54, 1.807) is 23.1 Å². The minimum absolute atomic E-state index is 0.0126. The molecule has 1 saturated carbocycles. The highest BCUT2D eigenvalue weighted by Crippen LogP contribution is 2.25. The van der Waals surface area contributed by atoms with E-state index in [-0.39, 0.29) is 22.8 Å². The molecular weight excluding hydrogens is 398 g/mol. The van der Waals surface area contributed by atoms with E-state index in [0.717, 1.165) is 19.3 Å². The Morgan fingerprint density at radius 2 is 1.93 bits per heavy atom. The Morgan fingerprint density at radius 3 is 2.64 bits per heavy atom. The van der Waals surface area contributed by atoms with Crippen molar-refractivity contribution in [1.29, 1.82) is 0 Å². The first-order valence-electron chi connectivity index (χ1n) is 9.22. The molecule has 2 amide bonds. The third kappa shape index (κ3) is 4.11. The molecule has 7 nitrogen and oxygen atoms in total. The van der Waals surface area contributed by atoms with Gasteiger partial charge in [-0.15, -0.1) is 11.3 Å². The van der Waals surface area contributed by atoms with E-state index in [1.165, 1.54) is 23.5 Å². The predicted octanol–water partition coefficient (Wildman–Crippen LogP) is 2.43. The summed E-state index contributed by atoms with van der Waals surface area (Å²) in [6.07, 6.45) is 3.05. The molecule has 9 heteroatoms. The van der Waals surface area contributed by atoms with Crippen LogP contribution in [-0.2, 0) is 14.8 Å². The van der Waals surface area contributed by atoms with Gasteiger partial charge in [-0.2, -0.15) is 0 Å². The Bertz CT molecular complexity index is 984. The molecule has 1 saturated heterocycles. The van der Waals surface area contributed by atoms with Crippen LogP contribution in [0.3, 0.4) is 0 Å². The molecule has 0 spiro atoms. The standard InChI is InChI=1S/C19H21N3O4S2/c23-18(16-6-2-10-22(16)19(24)17-7-3-11-27-17)20-14-4-1-5-15(12-14)28(25,26)21-13-8-9-13/h1,3-5,7,11-13,16,21H,2,6,8-10H2,(H,20,23)/t16-/m0/s1. The van der Waals surface area contributed by atoms with Gasteiger partial charge in [-0.05, 0) is 55.3 Å². The first-order chi connectivity index (χ1) is 13.4. The molecule has 2 N–H and O–H groups in total. The molecular formula is C19H21N3O4S2. The van der Waals surface area contributed by atoms with Gasteiger partial charge in [0.25, 0.3) is 5.91 Å². The maximum Gasteiger partial charge on any atom is 0.264 e. The van der Waals surface area contributed by atoms with Crippen LogP contribution in [0.1, 0.15) is 35.4 Å². The number of rotatable bonds is 6. The highest BCUT2D eigenvalue weighted by molar-refractivity contribution is 7.89. The monoisotopic (exact) mass is 419 g/mol. The molecule has 148 valence electrons. The molecule has 1 aromatic heterocycles. The largest absolute Gasteiger partial charge is 0.326 e. The number of nitrogens with zero attached hydrogens (tertiary/aromatic N) is 1. The fraction of sp³-hybridized carbons (Fsp3) is 0.368. The van der Waals surface area contributed by atoms with Crippen molar-refractivity contribution in [3.63, 3.8) is 0 Å². The van der Waals surface area contributed by atoms with E-state index in [4.69, 9.17) is 0 Å². The maximum atomic E-state index is 12.8. The molecule has 0 bridgehead atoms. The number of hydrogen-bond donors (Lipinski definition) is 2. The summed E-state index contributed by atoms with van der Waals surface area (Å²) >= 11 is 1.35. The van der Waals surface area contributed by atoms with Crippen LogP contribution >= 0.6 is 11.3 Å². The zero-order valence-corrected chi connectivity index (χ0v) is 16.8. The number of nitrogens with one attached hydrogen (secondary N) is 2. The molecule has 2 aromatic rings. The van der Waals surface area contributed by atoms with Gasteiger partial charge in [-0.3, -0.25) is 9.59 Å². The van der Waals surface area contributed by atoms with Crippen molar-refractivity contribution in [2.75, 3.05) is 11.9 Å². The van der Waals surface area contributed by atoms with Gasteiger partial charge in [0.1, 0.15) is 6.04 Å². The normalized spacial score (nSPS) is 19.6. The third-order valence-electron chi connectivity index (χ3n) is 4.86. The van der Waals surface area contributed by atoms with Crippen molar-refractivity contribution in [1.82, 2.24) is 9.62 Å². The number of sulfonamides is 1. The number of amides is 2. The van der Waals surface area contributed by atoms with Gasteiger partial charge in [0.05, 0.1) is 9.77 Å². The van der Waals surface area contributed by atoms with Crippen molar-refractivity contribution >= 4 is 38.9 Å². The van der Waals surface area contributed by atoms with Gasteiger partial charge in [0.2, 0.25) is 15.9 Å². The summed E-state index contributed by atoms with van der Waals surface area (Å²) in [5, 5.41) is 4.61. The number of thiophene rings is 1. The molecule has 2 heterocycles. The number of benzene rings is 1. The average Bonchev–Trinajstić information content (AvgIpc) is 3.16.